The Morgan fingerprint density at radius 2 is 0.806 bits per heavy atom. The number of ether oxygens (including phenoxy) is 1. The van der Waals surface area contributed by atoms with Crippen molar-refractivity contribution in [2.24, 2.45) is 0 Å². The fourth-order valence-corrected chi connectivity index (χ4v) is 8.66. The zero-order chi connectivity index (χ0) is 48.8. The smallest absolute Gasteiger partial charge is 0.306 e. The first-order valence-electron chi connectivity index (χ1n) is 29.0. The largest absolute Gasteiger partial charge is 0.462 e. The molecule has 0 heterocycles. The summed E-state index contributed by atoms with van der Waals surface area (Å²) in [6.07, 6.45) is 68.5. The van der Waals surface area contributed by atoms with Crippen LogP contribution in [0.5, 0.6) is 0 Å². The van der Waals surface area contributed by atoms with E-state index in [0.717, 1.165) is 103 Å². The summed E-state index contributed by atoms with van der Waals surface area (Å²) >= 11 is 0. The van der Waals surface area contributed by atoms with Gasteiger partial charge in [-0.25, -0.2) is 0 Å². The molecular formula is C61H111NO5. The van der Waals surface area contributed by atoms with Crippen molar-refractivity contribution in [1.29, 1.82) is 0 Å². The Kier molecular flexibility index (Phi) is 52.5. The van der Waals surface area contributed by atoms with Crippen molar-refractivity contribution in [3.05, 3.63) is 60.8 Å². The molecule has 3 N–H and O–H groups in total. The van der Waals surface area contributed by atoms with Gasteiger partial charge in [-0.1, -0.05) is 248 Å². The van der Waals surface area contributed by atoms with Crippen LogP contribution < -0.4 is 5.32 Å². The Labute approximate surface area is 416 Å². The molecule has 3 atom stereocenters. The lowest BCUT2D eigenvalue weighted by molar-refractivity contribution is -0.151. The normalized spacial score (nSPS) is 13.6. The second-order valence-electron chi connectivity index (χ2n) is 19.7. The molecule has 6 heteroatoms. The number of nitrogens with one attached hydrogen (secondary N) is 1. The molecule has 0 aromatic carbocycles. The van der Waals surface area contributed by atoms with E-state index >= 15 is 0 Å². The van der Waals surface area contributed by atoms with E-state index in [9.17, 15) is 19.8 Å². The molecule has 67 heavy (non-hydrogen) atoms. The lowest BCUT2D eigenvalue weighted by Crippen LogP contribution is -2.46. The lowest BCUT2D eigenvalue weighted by atomic mass is 10.0. The van der Waals surface area contributed by atoms with E-state index in [1.807, 2.05) is 0 Å². The fraction of sp³-hybridized carbons (Fsp3) is 0.803. The molecule has 0 aliphatic heterocycles. The highest BCUT2D eigenvalue weighted by Crippen LogP contribution is 2.18. The van der Waals surface area contributed by atoms with Gasteiger partial charge in [0.25, 0.3) is 0 Å². The van der Waals surface area contributed by atoms with E-state index in [1.54, 1.807) is 0 Å². The van der Waals surface area contributed by atoms with Gasteiger partial charge >= 0.3 is 5.97 Å². The third-order valence-electron chi connectivity index (χ3n) is 13.1. The molecule has 0 aliphatic rings. The quantitative estimate of drug-likeness (QED) is 0.0244. The van der Waals surface area contributed by atoms with Crippen molar-refractivity contribution in [2.45, 2.75) is 309 Å². The monoisotopic (exact) mass is 938 g/mol. The lowest BCUT2D eigenvalue weighted by Gasteiger charge is -2.24. The first-order valence-corrected chi connectivity index (χ1v) is 29.0. The highest BCUT2D eigenvalue weighted by atomic mass is 16.5. The number of hydrogen-bond donors (Lipinski definition) is 3. The minimum absolute atomic E-state index is 0.0560. The second kappa shape index (κ2) is 54.5. The molecule has 1 amide bonds. The van der Waals surface area contributed by atoms with E-state index in [2.05, 4.69) is 86.8 Å². The van der Waals surface area contributed by atoms with Crippen molar-refractivity contribution in [1.82, 2.24) is 5.32 Å². The molecular weight excluding hydrogens is 827 g/mol. The summed E-state index contributed by atoms with van der Waals surface area (Å²) in [5, 5.41) is 23.9. The Hall–Kier alpha value is -2.44. The summed E-state index contributed by atoms with van der Waals surface area (Å²) in [5.74, 6) is -0.506. The SMILES string of the molecule is CCCCC/C=C\C/C=C\C/C=C\CCCCCCC(CC(=O)NC(CO)C(O)CCCCCCCCCCCCCCC)OC(=O)CCCCCCC/C=C/C=C/CCCCCCCCC. The van der Waals surface area contributed by atoms with Crippen molar-refractivity contribution in [3.63, 3.8) is 0 Å². The standard InChI is InChI=1S/C61H111NO5/c1-4-7-10-13-16-19-22-25-27-29-31-33-36-39-42-45-48-51-54-61(66)67-57(52-49-46-43-40-37-35-32-30-28-26-23-20-17-14-11-8-5-2)55-60(65)62-58(56-63)59(64)53-50-47-44-41-38-34-24-21-18-15-12-9-6-3/h17,20,26-29,31-33,35,57-59,63-64H,4-16,18-19,21-25,30,34,36-56H2,1-3H3,(H,62,65)/b20-17-,28-26-,29-27+,33-31+,35-32-. The average molecular weight is 939 g/mol. The maximum atomic E-state index is 13.3. The van der Waals surface area contributed by atoms with Crippen LogP contribution >= 0.6 is 0 Å². The van der Waals surface area contributed by atoms with Crippen LogP contribution in [0.4, 0.5) is 0 Å². The second-order valence-corrected chi connectivity index (χ2v) is 19.7. The Morgan fingerprint density at radius 1 is 0.448 bits per heavy atom. The summed E-state index contributed by atoms with van der Waals surface area (Å²) in [5.41, 5.74) is 0. The van der Waals surface area contributed by atoms with Crippen LogP contribution in [0.15, 0.2) is 60.8 Å². The van der Waals surface area contributed by atoms with Crippen molar-refractivity contribution < 1.29 is 24.5 Å². The maximum Gasteiger partial charge on any atom is 0.306 e. The molecule has 390 valence electrons. The highest BCUT2D eigenvalue weighted by molar-refractivity contribution is 5.77. The van der Waals surface area contributed by atoms with Gasteiger partial charge in [-0.15, -0.1) is 0 Å². The number of rotatable bonds is 52. The van der Waals surface area contributed by atoms with Crippen LogP contribution in [0.1, 0.15) is 290 Å². The number of carbonyl (C=O) groups excluding carboxylic acids is 2. The molecule has 3 unspecified atom stereocenters. The number of aliphatic hydroxyl groups excluding tert-OH is 2. The summed E-state index contributed by atoms with van der Waals surface area (Å²) in [4.78, 5) is 26.3. The Morgan fingerprint density at radius 3 is 1.27 bits per heavy atom. The van der Waals surface area contributed by atoms with Gasteiger partial charge in [-0.05, 0) is 89.9 Å². The number of aliphatic hydroxyl groups is 2. The molecule has 0 spiro atoms. The molecule has 0 saturated carbocycles. The van der Waals surface area contributed by atoms with Gasteiger partial charge < -0.3 is 20.3 Å². The van der Waals surface area contributed by atoms with E-state index < -0.39 is 18.2 Å². The van der Waals surface area contributed by atoms with E-state index in [-0.39, 0.29) is 24.9 Å². The van der Waals surface area contributed by atoms with Crippen LogP contribution in [0.2, 0.25) is 0 Å². The number of hydrogen-bond acceptors (Lipinski definition) is 5. The molecule has 0 rings (SSSR count). The summed E-state index contributed by atoms with van der Waals surface area (Å²) in [6.45, 7) is 6.46. The van der Waals surface area contributed by atoms with Crippen LogP contribution in [-0.2, 0) is 14.3 Å². The third-order valence-corrected chi connectivity index (χ3v) is 13.1. The minimum Gasteiger partial charge on any atom is -0.462 e. The maximum absolute atomic E-state index is 13.3. The number of esters is 1. The summed E-state index contributed by atoms with van der Waals surface area (Å²) < 4.78 is 5.95. The number of amides is 1. The Bertz CT molecular complexity index is 1190. The van der Waals surface area contributed by atoms with Gasteiger partial charge in [0.05, 0.1) is 25.2 Å². The number of carbonyl (C=O) groups is 2. The zero-order valence-corrected chi connectivity index (χ0v) is 44.5. The van der Waals surface area contributed by atoms with Gasteiger partial charge in [0.2, 0.25) is 5.91 Å². The first-order chi connectivity index (χ1) is 33.0. The molecule has 0 saturated heterocycles. The Balaban J connectivity index is 4.64. The summed E-state index contributed by atoms with van der Waals surface area (Å²) in [7, 11) is 0. The van der Waals surface area contributed by atoms with Crippen LogP contribution in [0.25, 0.3) is 0 Å². The highest BCUT2D eigenvalue weighted by Gasteiger charge is 2.24. The number of unbranched alkanes of at least 4 members (excludes halogenated alkanes) is 31. The molecule has 0 aromatic rings. The third kappa shape index (κ3) is 49.8. The van der Waals surface area contributed by atoms with Gasteiger partial charge in [0, 0.05) is 6.42 Å². The van der Waals surface area contributed by atoms with Gasteiger partial charge in [-0.3, -0.25) is 9.59 Å². The van der Waals surface area contributed by atoms with Crippen molar-refractivity contribution in [3.8, 4) is 0 Å². The van der Waals surface area contributed by atoms with Crippen molar-refractivity contribution in [2.75, 3.05) is 6.61 Å². The van der Waals surface area contributed by atoms with Crippen LogP contribution in [-0.4, -0.2) is 46.9 Å². The molecule has 0 aromatic heterocycles. The van der Waals surface area contributed by atoms with Gasteiger partial charge in [0.15, 0.2) is 0 Å². The first kappa shape index (κ1) is 64.6. The zero-order valence-electron chi connectivity index (χ0n) is 44.5. The van der Waals surface area contributed by atoms with Crippen molar-refractivity contribution >= 4 is 11.9 Å². The molecule has 0 bridgehead atoms. The molecule has 0 fully saturated rings. The number of allylic oxidation sites excluding steroid dienone is 10. The molecule has 6 nitrogen and oxygen atoms in total. The molecule has 0 radical (unpaired) electrons. The van der Waals surface area contributed by atoms with Crippen LogP contribution in [0, 0.1) is 0 Å². The summed E-state index contributed by atoms with van der Waals surface area (Å²) in [6, 6.07) is -0.714. The molecule has 0 aliphatic carbocycles. The van der Waals surface area contributed by atoms with E-state index in [4.69, 9.17) is 4.74 Å². The fourth-order valence-electron chi connectivity index (χ4n) is 8.66. The predicted molar refractivity (Wildman–Crippen MR) is 292 cm³/mol. The van der Waals surface area contributed by atoms with Crippen LogP contribution in [0.3, 0.4) is 0 Å². The van der Waals surface area contributed by atoms with E-state index in [0.29, 0.717) is 19.3 Å². The van der Waals surface area contributed by atoms with E-state index in [1.165, 1.54) is 141 Å². The van der Waals surface area contributed by atoms with Gasteiger partial charge in [0.1, 0.15) is 6.10 Å². The average Bonchev–Trinajstić information content (AvgIpc) is 3.32. The topological polar surface area (TPSA) is 95.9 Å². The van der Waals surface area contributed by atoms with Gasteiger partial charge in [-0.2, -0.15) is 0 Å². The predicted octanol–water partition coefficient (Wildman–Crippen LogP) is 18.0. The minimum atomic E-state index is -0.799.